The number of aromatic nitrogens is 2. The Morgan fingerprint density at radius 3 is 2.85 bits per heavy atom. The number of hydrogen-bond donors (Lipinski definition) is 2. The zero-order valence-corrected chi connectivity index (χ0v) is 13.2. The molecule has 2 aromatic heterocycles. The van der Waals surface area contributed by atoms with Gasteiger partial charge in [-0.05, 0) is 15.9 Å². The molecule has 3 N–H and O–H groups in total. The zero-order chi connectivity index (χ0) is 14.8. The number of imidazole rings is 1. The number of nitrogens with zero attached hydrogens (tertiary/aromatic N) is 2. The van der Waals surface area contributed by atoms with Crippen molar-refractivity contribution >= 4 is 26.0 Å². The van der Waals surface area contributed by atoms with Crippen LogP contribution in [0.25, 0.3) is 0 Å². The molecular formula is C11H15BrN4O3S. The van der Waals surface area contributed by atoms with E-state index < -0.39 is 10.0 Å². The van der Waals surface area contributed by atoms with E-state index in [4.69, 9.17) is 10.2 Å². The summed E-state index contributed by atoms with van der Waals surface area (Å²) in [6.07, 6.45) is 3.98. The van der Waals surface area contributed by atoms with Gasteiger partial charge in [-0.2, -0.15) is 0 Å². The lowest BCUT2D eigenvalue weighted by Gasteiger charge is -2.05. The number of sulfonamides is 1. The highest BCUT2D eigenvalue weighted by Gasteiger charge is 2.21. The van der Waals surface area contributed by atoms with Crippen LogP contribution < -0.4 is 10.5 Å². The first kappa shape index (κ1) is 15.2. The maximum Gasteiger partial charge on any atom is 0.244 e. The highest BCUT2D eigenvalue weighted by molar-refractivity contribution is 9.10. The van der Waals surface area contributed by atoms with E-state index in [9.17, 15) is 8.42 Å². The number of nitrogens with two attached hydrogens (primary N) is 1. The molecule has 0 bridgehead atoms. The summed E-state index contributed by atoms with van der Waals surface area (Å²) in [5.74, 6) is 1.21. The first-order valence-electron chi connectivity index (χ1n) is 5.88. The molecule has 0 saturated carbocycles. The van der Waals surface area contributed by atoms with Gasteiger partial charge in [-0.3, -0.25) is 0 Å². The Morgan fingerprint density at radius 1 is 1.55 bits per heavy atom. The fourth-order valence-electron chi connectivity index (χ4n) is 1.69. The van der Waals surface area contributed by atoms with E-state index in [1.165, 1.54) is 6.07 Å². The van der Waals surface area contributed by atoms with Crippen molar-refractivity contribution in [3.63, 3.8) is 0 Å². The SMILES string of the molecule is Cn1ccnc1CCNS(=O)(=O)c1cc(CN)oc1Br. The number of rotatable bonds is 6. The van der Waals surface area contributed by atoms with E-state index in [0.717, 1.165) is 5.82 Å². The highest BCUT2D eigenvalue weighted by atomic mass is 79.9. The second-order valence-electron chi connectivity index (χ2n) is 4.16. The van der Waals surface area contributed by atoms with Crippen LogP contribution in [0.1, 0.15) is 11.6 Å². The Morgan fingerprint density at radius 2 is 2.30 bits per heavy atom. The van der Waals surface area contributed by atoms with Crippen molar-refractivity contribution in [1.29, 1.82) is 0 Å². The van der Waals surface area contributed by atoms with Crippen LogP contribution in [0.5, 0.6) is 0 Å². The number of aryl methyl sites for hydroxylation is 1. The topological polar surface area (TPSA) is 103 Å². The molecule has 0 radical (unpaired) electrons. The molecular weight excluding hydrogens is 348 g/mol. The monoisotopic (exact) mass is 362 g/mol. The third-order valence-electron chi connectivity index (χ3n) is 2.76. The predicted molar refractivity (Wildman–Crippen MR) is 76.4 cm³/mol. The molecule has 0 atom stereocenters. The molecule has 0 unspecified atom stereocenters. The van der Waals surface area contributed by atoms with Gasteiger partial charge in [-0.25, -0.2) is 18.1 Å². The van der Waals surface area contributed by atoms with E-state index >= 15 is 0 Å². The lowest BCUT2D eigenvalue weighted by molar-refractivity contribution is 0.483. The van der Waals surface area contributed by atoms with Crippen LogP contribution >= 0.6 is 15.9 Å². The Balaban J connectivity index is 2.04. The van der Waals surface area contributed by atoms with E-state index in [1.54, 1.807) is 6.20 Å². The molecule has 0 aliphatic heterocycles. The van der Waals surface area contributed by atoms with Crippen LogP contribution in [0.2, 0.25) is 0 Å². The summed E-state index contributed by atoms with van der Waals surface area (Å²) < 4.78 is 33.9. The van der Waals surface area contributed by atoms with Crippen molar-refractivity contribution in [1.82, 2.24) is 14.3 Å². The van der Waals surface area contributed by atoms with E-state index in [0.29, 0.717) is 12.2 Å². The molecule has 0 aliphatic rings. The summed E-state index contributed by atoms with van der Waals surface area (Å²) in [4.78, 5) is 4.18. The van der Waals surface area contributed by atoms with Crippen molar-refractivity contribution in [3.8, 4) is 0 Å². The van der Waals surface area contributed by atoms with Crippen LogP contribution in [-0.2, 0) is 30.0 Å². The van der Waals surface area contributed by atoms with Crippen molar-refractivity contribution in [2.45, 2.75) is 17.9 Å². The number of nitrogens with one attached hydrogen (secondary N) is 1. The number of halogens is 1. The smallest absolute Gasteiger partial charge is 0.244 e. The minimum atomic E-state index is -3.63. The minimum Gasteiger partial charge on any atom is -0.452 e. The van der Waals surface area contributed by atoms with Crippen LogP contribution in [0.15, 0.2) is 32.4 Å². The van der Waals surface area contributed by atoms with Crippen molar-refractivity contribution in [2.24, 2.45) is 12.8 Å². The standard InChI is InChI=1S/C11H15BrN4O3S/c1-16-5-4-14-10(16)2-3-15-20(17,18)9-6-8(7-13)19-11(9)12/h4-6,15H,2-3,7,13H2,1H3. The zero-order valence-electron chi connectivity index (χ0n) is 10.8. The summed E-state index contributed by atoms with van der Waals surface area (Å²) in [7, 11) is -1.77. The second kappa shape index (κ2) is 6.08. The van der Waals surface area contributed by atoms with Gasteiger partial charge in [0.2, 0.25) is 10.0 Å². The third kappa shape index (κ3) is 3.29. The molecule has 110 valence electrons. The number of furan rings is 1. The second-order valence-corrected chi connectivity index (χ2v) is 6.61. The minimum absolute atomic E-state index is 0.0535. The molecule has 7 nitrogen and oxygen atoms in total. The average molecular weight is 363 g/mol. The van der Waals surface area contributed by atoms with Gasteiger partial charge in [-0.15, -0.1) is 0 Å². The Bertz CT molecular complexity index is 692. The van der Waals surface area contributed by atoms with E-state index in [1.807, 2.05) is 17.8 Å². The molecule has 2 rings (SSSR count). The van der Waals surface area contributed by atoms with Gasteiger partial charge in [-0.1, -0.05) is 0 Å². The quantitative estimate of drug-likeness (QED) is 0.789. The van der Waals surface area contributed by atoms with Gasteiger partial charge in [0.05, 0.1) is 6.54 Å². The van der Waals surface area contributed by atoms with Crippen LogP contribution in [0, 0.1) is 0 Å². The maximum atomic E-state index is 12.1. The Hall–Kier alpha value is -1.16. The summed E-state index contributed by atoms with van der Waals surface area (Å²) in [6, 6.07) is 1.41. The molecule has 2 aromatic rings. The lowest BCUT2D eigenvalue weighted by Crippen LogP contribution is -2.26. The molecule has 0 amide bonds. The predicted octanol–water partition coefficient (Wildman–Crippen LogP) is 0.755. The summed E-state index contributed by atoms with van der Waals surface area (Å²) in [5, 5.41) is 0. The van der Waals surface area contributed by atoms with Crippen LogP contribution in [0.4, 0.5) is 0 Å². The number of hydrogen-bond acceptors (Lipinski definition) is 5. The van der Waals surface area contributed by atoms with Crippen LogP contribution in [-0.4, -0.2) is 24.5 Å². The molecule has 9 heteroatoms. The molecule has 0 aliphatic carbocycles. The van der Waals surface area contributed by atoms with Crippen molar-refractivity contribution in [2.75, 3.05) is 6.54 Å². The maximum absolute atomic E-state index is 12.1. The van der Waals surface area contributed by atoms with E-state index in [2.05, 4.69) is 25.6 Å². The van der Waals surface area contributed by atoms with Gasteiger partial charge in [0.1, 0.15) is 16.5 Å². The first-order valence-corrected chi connectivity index (χ1v) is 8.16. The average Bonchev–Trinajstić information content (AvgIpc) is 2.96. The fourth-order valence-corrected chi connectivity index (χ4v) is 3.72. The highest BCUT2D eigenvalue weighted by Crippen LogP contribution is 2.25. The fraction of sp³-hybridized carbons (Fsp3) is 0.364. The largest absolute Gasteiger partial charge is 0.452 e. The molecule has 2 heterocycles. The first-order chi connectivity index (χ1) is 9.44. The van der Waals surface area contributed by atoms with E-state index in [-0.39, 0.29) is 22.7 Å². The van der Waals surface area contributed by atoms with Crippen molar-refractivity contribution < 1.29 is 12.8 Å². The third-order valence-corrected chi connectivity index (χ3v) is 5.08. The van der Waals surface area contributed by atoms with Gasteiger partial charge in [0.25, 0.3) is 0 Å². The van der Waals surface area contributed by atoms with Crippen molar-refractivity contribution in [3.05, 3.63) is 34.7 Å². The summed E-state index contributed by atoms with van der Waals surface area (Å²) in [6.45, 7) is 0.393. The van der Waals surface area contributed by atoms with Crippen LogP contribution in [0.3, 0.4) is 0 Å². The molecule has 0 saturated heterocycles. The van der Waals surface area contributed by atoms with Gasteiger partial charge in [0, 0.05) is 38.5 Å². The van der Waals surface area contributed by atoms with Gasteiger partial charge >= 0.3 is 0 Å². The Labute approximate surface area is 125 Å². The Kier molecular flexibility index (Phi) is 4.63. The van der Waals surface area contributed by atoms with Gasteiger partial charge in [0.15, 0.2) is 4.67 Å². The lowest BCUT2D eigenvalue weighted by atomic mass is 10.4. The molecule has 0 fully saturated rings. The molecule has 20 heavy (non-hydrogen) atoms. The molecule has 0 spiro atoms. The summed E-state index contributed by atoms with van der Waals surface area (Å²) in [5.41, 5.74) is 5.42. The van der Waals surface area contributed by atoms with Gasteiger partial charge < -0.3 is 14.7 Å². The summed E-state index contributed by atoms with van der Waals surface area (Å²) >= 11 is 3.08. The molecule has 0 aromatic carbocycles. The normalized spacial score (nSPS) is 11.9.